The Hall–Kier alpha value is -2.27. The van der Waals surface area contributed by atoms with Crippen molar-refractivity contribution in [1.29, 1.82) is 0 Å². The third kappa shape index (κ3) is 3.40. The Morgan fingerprint density at radius 3 is 2.52 bits per heavy atom. The van der Waals surface area contributed by atoms with E-state index in [1.54, 1.807) is 18.2 Å². The minimum Gasteiger partial charge on any atom is -0.465 e. The highest BCUT2D eigenvalue weighted by molar-refractivity contribution is 8.18. The van der Waals surface area contributed by atoms with Gasteiger partial charge < -0.3 is 4.42 Å². The Balaban J connectivity index is 1.75. The van der Waals surface area contributed by atoms with Crippen molar-refractivity contribution in [2.24, 2.45) is 0 Å². The first kappa shape index (κ1) is 15.6. The summed E-state index contributed by atoms with van der Waals surface area (Å²) in [5, 5.41) is -0.249. The van der Waals surface area contributed by atoms with Crippen LogP contribution >= 0.6 is 11.8 Å². The molecule has 23 heavy (non-hydrogen) atoms. The molecule has 0 atom stereocenters. The topological polar surface area (TPSA) is 50.5 Å². The van der Waals surface area contributed by atoms with Gasteiger partial charge in [0.25, 0.3) is 11.1 Å². The molecule has 1 aliphatic heterocycles. The molecule has 3 rings (SSSR count). The molecular formula is C18H17NO3S. The first-order chi connectivity index (χ1) is 11.0. The summed E-state index contributed by atoms with van der Waals surface area (Å²) >= 11 is 0.946. The van der Waals surface area contributed by atoms with E-state index < -0.39 is 0 Å². The maximum absolute atomic E-state index is 12.4. The summed E-state index contributed by atoms with van der Waals surface area (Å²) in [6.07, 6.45) is 3.14. The lowest BCUT2D eigenvalue weighted by atomic mass is 10.0. The molecule has 0 unspecified atom stereocenters. The van der Waals surface area contributed by atoms with Gasteiger partial charge in [-0.05, 0) is 40.9 Å². The van der Waals surface area contributed by atoms with Gasteiger partial charge in [-0.1, -0.05) is 38.1 Å². The Labute approximate surface area is 139 Å². The molecule has 5 heteroatoms. The van der Waals surface area contributed by atoms with Crippen LogP contribution in [0.15, 0.2) is 52.0 Å². The third-order valence-corrected chi connectivity index (χ3v) is 4.58. The van der Waals surface area contributed by atoms with Gasteiger partial charge in [-0.3, -0.25) is 14.5 Å². The van der Waals surface area contributed by atoms with Gasteiger partial charge in [0.15, 0.2) is 0 Å². The Bertz CT molecular complexity index is 745. The highest BCUT2D eigenvalue weighted by Gasteiger charge is 2.35. The average Bonchev–Trinajstić information content (AvgIpc) is 3.12. The molecule has 4 nitrogen and oxygen atoms in total. The fourth-order valence-corrected chi connectivity index (χ4v) is 3.15. The predicted octanol–water partition coefficient (Wildman–Crippen LogP) is 4.64. The SMILES string of the molecule is CC(C)c1ccc(CN2C(=O)SC(=Cc3ccco3)C2=O)cc1. The summed E-state index contributed by atoms with van der Waals surface area (Å²) in [5.74, 6) is 0.749. The normalized spacial score (nSPS) is 16.8. The zero-order valence-electron chi connectivity index (χ0n) is 13.0. The minimum atomic E-state index is -0.274. The van der Waals surface area contributed by atoms with Crippen molar-refractivity contribution in [3.63, 3.8) is 0 Å². The van der Waals surface area contributed by atoms with Crippen molar-refractivity contribution in [1.82, 2.24) is 4.90 Å². The van der Waals surface area contributed by atoms with Crippen LogP contribution in [0.3, 0.4) is 0 Å². The summed E-state index contributed by atoms with van der Waals surface area (Å²) < 4.78 is 5.20. The van der Waals surface area contributed by atoms with E-state index in [2.05, 4.69) is 13.8 Å². The lowest BCUT2D eigenvalue weighted by molar-refractivity contribution is -0.123. The van der Waals surface area contributed by atoms with Crippen molar-refractivity contribution in [3.8, 4) is 0 Å². The maximum Gasteiger partial charge on any atom is 0.293 e. The van der Waals surface area contributed by atoms with Crippen LogP contribution in [0.2, 0.25) is 0 Å². The minimum absolute atomic E-state index is 0.249. The maximum atomic E-state index is 12.4. The molecule has 1 saturated heterocycles. The van der Waals surface area contributed by atoms with Gasteiger partial charge >= 0.3 is 0 Å². The molecule has 0 saturated carbocycles. The van der Waals surface area contributed by atoms with Gasteiger partial charge in [0, 0.05) is 6.08 Å². The summed E-state index contributed by atoms with van der Waals surface area (Å²) in [6.45, 7) is 4.55. The highest BCUT2D eigenvalue weighted by atomic mass is 32.2. The van der Waals surface area contributed by atoms with E-state index in [4.69, 9.17) is 4.42 Å². The van der Waals surface area contributed by atoms with Crippen molar-refractivity contribution in [3.05, 3.63) is 64.5 Å². The first-order valence-corrected chi connectivity index (χ1v) is 8.24. The number of rotatable bonds is 4. The number of nitrogens with zero attached hydrogens (tertiary/aromatic N) is 1. The van der Waals surface area contributed by atoms with Gasteiger partial charge in [0.2, 0.25) is 0 Å². The molecule has 0 spiro atoms. The third-order valence-electron chi connectivity index (χ3n) is 3.68. The summed E-state index contributed by atoms with van der Waals surface area (Å²) in [6, 6.07) is 11.5. The van der Waals surface area contributed by atoms with Crippen LogP contribution in [0.5, 0.6) is 0 Å². The first-order valence-electron chi connectivity index (χ1n) is 7.42. The molecular weight excluding hydrogens is 310 g/mol. The highest BCUT2D eigenvalue weighted by Crippen LogP contribution is 2.33. The molecule has 118 valence electrons. The smallest absolute Gasteiger partial charge is 0.293 e. The number of benzene rings is 1. The predicted molar refractivity (Wildman–Crippen MR) is 90.8 cm³/mol. The Morgan fingerprint density at radius 1 is 1.17 bits per heavy atom. The summed E-state index contributed by atoms with van der Waals surface area (Å²) in [5.41, 5.74) is 2.18. The van der Waals surface area contributed by atoms with Crippen LogP contribution in [-0.2, 0) is 11.3 Å². The second kappa shape index (κ2) is 6.46. The lowest BCUT2D eigenvalue weighted by Crippen LogP contribution is -2.27. The van der Waals surface area contributed by atoms with E-state index in [9.17, 15) is 9.59 Å². The number of hydrogen-bond donors (Lipinski definition) is 0. The van der Waals surface area contributed by atoms with Crippen molar-refractivity contribution < 1.29 is 14.0 Å². The number of imide groups is 1. The summed E-state index contributed by atoms with van der Waals surface area (Å²) in [4.78, 5) is 26.2. The molecule has 1 fully saturated rings. The monoisotopic (exact) mass is 327 g/mol. The lowest BCUT2D eigenvalue weighted by Gasteiger charge is -2.13. The van der Waals surface area contributed by atoms with Crippen molar-refractivity contribution in [2.45, 2.75) is 26.3 Å². The van der Waals surface area contributed by atoms with Crippen LogP contribution in [0.1, 0.15) is 36.7 Å². The van der Waals surface area contributed by atoms with E-state index in [0.717, 1.165) is 17.3 Å². The van der Waals surface area contributed by atoms with Gasteiger partial charge in [0.05, 0.1) is 17.7 Å². The van der Waals surface area contributed by atoms with Crippen LogP contribution in [0.25, 0.3) is 6.08 Å². The molecule has 0 aliphatic carbocycles. The molecule has 1 aromatic heterocycles. The molecule has 2 amide bonds. The average molecular weight is 327 g/mol. The molecule has 2 heterocycles. The number of furan rings is 1. The van der Waals surface area contributed by atoms with E-state index in [0.29, 0.717) is 23.1 Å². The largest absolute Gasteiger partial charge is 0.465 e. The van der Waals surface area contributed by atoms with Gasteiger partial charge in [-0.2, -0.15) is 0 Å². The van der Waals surface area contributed by atoms with Crippen LogP contribution in [0, 0.1) is 0 Å². The Morgan fingerprint density at radius 2 is 1.91 bits per heavy atom. The van der Waals surface area contributed by atoms with Gasteiger partial charge in [0.1, 0.15) is 5.76 Å². The van der Waals surface area contributed by atoms with Crippen molar-refractivity contribution >= 4 is 29.0 Å². The zero-order chi connectivity index (χ0) is 16.4. The zero-order valence-corrected chi connectivity index (χ0v) is 13.8. The van der Waals surface area contributed by atoms with E-state index in [1.807, 2.05) is 24.3 Å². The fraction of sp³-hybridized carbons (Fsp3) is 0.222. The number of carbonyl (C=O) groups excluding carboxylic acids is 2. The standard InChI is InChI=1S/C18H17NO3S/c1-12(2)14-7-5-13(6-8-14)11-19-17(20)16(23-18(19)21)10-15-4-3-9-22-15/h3-10,12H,11H2,1-2H3. The molecule has 0 N–H and O–H groups in total. The second-order valence-electron chi connectivity index (χ2n) is 5.68. The second-order valence-corrected chi connectivity index (χ2v) is 6.67. The number of carbonyl (C=O) groups is 2. The van der Waals surface area contributed by atoms with E-state index in [1.165, 1.54) is 16.7 Å². The molecule has 1 aromatic carbocycles. The summed E-state index contributed by atoms with van der Waals surface area (Å²) in [7, 11) is 0. The van der Waals surface area contributed by atoms with E-state index >= 15 is 0 Å². The number of hydrogen-bond acceptors (Lipinski definition) is 4. The van der Waals surface area contributed by atoms with Crippen LogP contribution in [-0.4, -0.2) is 16.0 Å². The number of thioether (sulfide) groups is 1. The fourth-order valence-electron chi connectivity index (χ4n) is 2.33. The number of amides is 2. The molecule has 0 bridgehead atoms. The van der Waals surface area contributed by atoms with Crippen molar-refractivity contribution in [2.75, 3.05) is 0 Å². The molecule has 0 radical (unpaired) electrons. The van der Waals surface area contributed by atoms with Gasteiger partial charge in [-0.25, -0.2) is 0 Å². The Kier molecular flexibility index (Phi) is 4.39. The quantitative estimate of drug-likeness (QED) is 0.768. The molecule has 1 aliphatic rings. The van der Waals surface area contributed by atoms with E-state index in [-0.39, 0.29) is 11.1 Å². The molecule has 2 aromatic rings. The van der Waals surface area contributed by atoms with Crippen LogP contribution in [0.4, 0.5) is 4.79 Å². The van der Waals surface area contributed by atoms with Crippen LogP contribution < -0.4 is 0 Å². The van der Waals surface area contributed by atoms with Gasteiger partial charge in [-0.15, -0.1) is 0 Å².